The number of piperidine rings is 1. The standard InChI is InChI=1S/C27H27ClFN3O3/c28-20-6-3-4-16(25(20)29)12-30-27(35)23-11-17-10-22(17)32(23)24(33)14-31-13-19(26(34)15-8-9-15)18-5-1-2-7-21(18)31/h1-7,13,15,17,22-23,26,34H,8-12,14H2,(H,30,35)/t17?,22-,23+,26?/m1/s1. The zero-order valence-corrected chi connectivity index (χ0v) is 19.9. The summed E-state index contributed by atoms with van der Waals surface area (Å²) >= 11 is 5.85. The van der Waals surface area contributed by atoms with Gasteiger partial charge in [0.05, 0.1) is 11.1 Å². The van der Waals surface area contributed by atoms with Crippen molar-refractivity contribution in [3.8, 4) is 0 Å². The van der Waals surface area contributed by atoms with E-state index in [4.69, 9.17) is 11.6 Å². The van der Waals surface area contributed by atoms with Crippen LogP contribution in [0.2, 0.25) is 5.02 Å². The Morgan fingerprint density at radius 2 is 1.94 bits per heavy atom. The van der Waals surface area contributed by atoms with Crippen molar-refractivity contribution < 1.29 is 19.1 Å². The Balaban J connectivity index is 1.19. The first-order valence-corrected chi connectivity index (χ1v) is 12.6. The van der Waals surface area contributed by atoms with Gasteiger partial charge >= 0.3 is 0 Å². The number of hydrogen-bond donors (Lipinski definition) is 2. The molecule has 3 aliphatic rings. The number of hydrogen-bond acceptors (Lipinski definition) is 3. The number of benzene rings is 2. The molecule has 6 nitrogen and oxygen atoms in total. The largest absolute Gasteiger partial charge is 0.388 e. The number of para-hydroxylation sites is 1. The van der Waals surface area contributed by atoms with Crippen molar-refractivity contribution in [3.05, 3.63) is 70.6 Å². The van der Waals surface area contributed by atoms with Crippen LogP contribution in [0.3, 0.4) is 0 Å². The van der Waals surface area contributed by atoms with Crippen LogP contribution >= 0.6 is 11.6 Å². The minimum Gasteiger partial charge on any atom is -0.388 e. The quantitative estimate of drug-likeness (QED) is 0.516. The molecule has 3 aromatic rings. The number of aromatic nitrogens is 1. The van der Waals surface area contributed by atoms with Crippen LogP contribution in [0.15, 0.2) is 48.7 Å². The molecule has 3 fully saturated rings. The number of aliphatic hydroxyl groups excluding tert-OH is 1. The molecule has 2 aliphatic carbocycles. The van der Waals surface area contributed by atoms with Crippen LogP contribution in [0.4, 0.5) is 4.39 Å². The van der Waals surface area contributed by atoms with Crippen LogP contribution in [0.1, 0.15) is 42.9 Å². The SMILES string of the molecule is O=C(NCc1cccc(Cl)c1F)[C@@H]1CC2C[C@H]2N1C(=O)Cn1cc(C(O)C2CC2)c2ccccc21. The van der Waals surface area contributed by atoms with Crippen molar-refractivity contribution in [2.24, 2.45) is 11.8 Å². The first kappa shape index (κ1) is 22.6. The van der Waals surface area contributed by atoms with Crippen LogP contribution in [0.25, 0.3) is 10.9 Å². The van der Waals surface area contributed by atoms with Crippen molar-refractivity contribution in [1.82, 2.24) is 14.8 Å². The fraction of sp³-hybridized carbons (Fsp3) is 0.407. The van der Waals surface area contributed by atoms with E-state index in [2.05, 4.69) is 5.32 Å². The number of nitrogens with zero attached hydrogens (tertiary/aromatic N) is 2. The third-order valence-electron chi connectivity index (χ3n) is 7.69. The average molecular weight is 496 g/mol. The summed E-state index contributed by atoms with van der Waals surface area (Å²) in [6.07, 6.45) is 4.94. The van der Waals surface area contributed by atoms with Crippen LogP contribution in [-0.2, 0) is 22.7 Å². The van der Waals surface area contributed by atoms with E-state index < -0.39 is 18.0 Å². The maximum atomic E-state index is 14.2. The molecule has 2 aromatic carbocycles. The summed E-state index contributed by atoms with van der Waals surface area (Å²) in [4.78, 5) is 28.3. The number of fused-ring (bicyclic) bond motifs is 2. The second kappa shape index (κ2) is 8.64. The van der Waals surface area contributed by atoms with Crippen LogP contribution < -0.4 is 5.32 Å². The zero-order valence-electron chi connectivity index (χ0n) is 19.2. The molecule has 35 heavy (non-hydrogen) atoms. The number of rotatable bonds is 7. The van der Waals surface area contributed by atoms with Gasteiger partial charge in [-0.05, 0) is 49.7 Å². The molecular formula is C27H27ClFN3O3. The normalized spacial score (nSPS) is 23.9. The van der Waals surface area contributed by atoms with Gasteiger partial charge in [0.25, 0.3) is 0 Å². The van der Waals surface area contributed by atoms with Gasteiger partial charge in [-0.2, -0.15) is 0 Å². The van der Waals surface area contributed by atoms with Crippen LogP contribution in [0.5, 0.6) is 0 Å². The molecule has 2 N–H and O–H groups in total. The van der Waals surface area contributed by atoms with Gasteiger partial charge in [0, 0.05) is 40.8 Å². The zero-order chi connectivity index (χ0) is 24.3. The lowest BCUT2D eigenvalue weighted by atomic mass is 10.0. The monoisotopic (exact) mass is 495 g/mol. The molecule has 182 valence electrons. The maximum absolute atomic E-state index is 14.2. The Bertz CT molecular complexity index is 1320. The minimum absolute atomic E-state index is 0.0146. The molecule has 4 atom stereocenters. The predicted molar refractivity (Wildman–Crippen MR) is 130 cm³/mol. The Morgan fingerprint density at radius 1 is 1.14 bits per heavy atom. The van der Waals surface area contributed by atoms with E-state index in [0.29, 0.717) is 17.9 Å². The van der Waals surface area contributed by atoms with Crippen molar-refractivity contribution >= 4 is 34.3 Å². The fourth-order valence-corrected chi connectivity index (χ4v) is 5.76. The number of aliphatic hydroxyl groups is 1. The Kier molecular flexibility index (Phi) is 5.57. The Morgan fingerprint density at radius 3 is 2.74 bits per heavy atom. The number of carbonyl (C=O) groups is 2. The fourth-order valence-electron chi connectivity index (χ4n) is 5.57. The van der Waals surface area contributed by atoms with Gasteiger partial charge in [0.15, 0.2) is 0 Å². The van der Waals surface area contributed by atoms with E-state index in [0.717, 1.165) is 35.7 Å². The second-order valence-corrected chi connectivity index (χ2v) is 10.5. The predicted octanol–water partition coefficient (Wildman–Crippen LogP) is 4.18. The first-order valence-electron chi connectivity index (χ1n) is 12.2. The summed E-state index contributed by atoms with van der Waals surface area (Å²) in [7, 11) is 0. The highest BCUT2D eigenvalue weighted by atomic mass is 35.5. The first-order chi connectivity index (χ1) is 16.9. The van der Waals surface area contributed by atoms with Gasteiger partial charge in [-0.3, -0.25) is 9.59 Å². The van der Waals surface area contributed by atoms with Crippen molar-refractivity contribution in [2.75, 3.05) is 0 Å². The number of carbonyl (C=O) groups excluding carboxylic acids is 2. The third-order valence-corrected chi connectivity index (χ3v) is 7.98. The summed E-state index contributed by atoms with van der Waals surface area (Å²) in [5, 5.41) is 14.5. The highest BCUT2D eigenvalue weighted by molar-refractivity contribution is 6.30. The number of halogens is 2. The topological polar surface area (TPSA) is 74.6 Å². The lowest BCUT2D eigenvalue weighted by Crippen LogP contribution is -2.48. The van der Waals surface area contributed by atoms with Gasteiger partial charge in [0.1, 0.15) is 18.4 Å². The van der Waals surface area contributed by atoms with E-state index in [9.17, 15) is 19.1 Å². The van der Waals surface area contributed by atoms with Gasteiger partial charge in [0.2, 0.25) is 11.8 Å². The van der Waals surface area contributed by atoms with Crippen LogP contribution in [0, 0.1) is 17.7 Å². The van der Waals surface area contributed by atoms with Crippen LogP contribution in [-0.4, -0.2) is 38.5 Å². The molecule has 0 spiro atoms. The molecule has 1 aromatic heterocycles. The summed E-state index contributed by atoms with van der Waals surface area (Å²) in [6.45, 7) is 0.123. The smallest absolute Gasteiger partial charge is 0.243 e. The van der Waals surface area contributed by atoms with E-state index in [1.807, 2.05) is 35.0 Å². The number of amides is 2. The number of nitrogens with one attached hydrogen (secondary N) is 1. The van der Waals surface area contributed by atoms with Crippen molar-refractivity contribution in [1.29, 1.82) is 0 Å². The van der Waals surface area contributed by atoms with Crippen molar-refractivity contribution in [3.63, 3.8) is 0 Å². The summed E-state index contributed by atoms with van der Waals surface area (Å²) in [6, 6.07) is 12.0. The lowest BCUT2D eigenvalue weighted by Gasteiger charge is -2.27. The van der Waals surface area contributed by atoms with E-state index >= 15 is 0 Å². The molecule has 0 radical (unpaired) electrons. The summed E-state index contributed by atoms with van der Waals surface area (Å²) < 4.78 is 16.1. The molecule has 2 saturated carbocycles. The third kappa shape index (κ3) is 4.10. The number of likely N-dealkylation sites (tertiary alicyclic amines) is 1. The van der Waals surface area contributed by atoms with Gasteiger partial charge < -0.3 is 19.9 Å². The summed E-state index contributed by atoms with van der Waals surface area (Å²) in [5.74, 6) is -0.302. The minimum atomic E-state index is -0.563. The molecule has 2 unspecified atom stereocenters. The Labute approximate surface area is 207 Å². The highest BCUT2D eigenvalue weighted by Crippen LogP contribution is 2.48. The molecule has 8 heteroatoms. The molecule has 6 rings (SSSR count). The van der Waals surface area contributed by atoms with E-state index in [-0.39, 0.29) is 41.9 Å². The van der Waals surface area contributed by atoms with E-state index in [1.165, 1.54) is 6.07 Å². The van der Waals surface area contributed by atoms with Gasteiger partial charge in [-0.25, -0.2) is 4.39 Å². The molecule has 2 amide bonds. The summed E-state index contributed by atoms with van der Waals surface area (Å²) in [5.41, 5.74) is 2.08. The lowest BCUT2D eigenvalue weighted by molar-refractivity contribution is -0.140. The molecule has 1 saturated heterocycles. The van der Waals surface area contributed by atoms with E-state index in [1.54, 1.807) is 17.0 Å². The maximum Gasteiger partial charge on any atom is 0.243 e. The highest BCUT2D eigenvalue weighted by Gasteiger charge is 2.55. The molecular weight excluding hydrogens is 469 g/mol. The Hall–Kier alpha value is -2.90. The van der Waals surface area contributed by atoms with Crippen molar-refractivity contribution in [2.45, 2.75) is 57.0 Å². The molecule has 2 heterocycles. The van der Waals surface area contributed by atoms with Gasteiger partial charge in [-0.15, -0.1) is 0 Å². The molecule has 0 bridgehead atoms. The molecule has 1 aliphatic heterocycles. The van der Waals surface area contributed by atoms with Gasteiger partial charge in [-0.1, -0.05) is 41.9 Å². The average Bonchev–Trinajstić information content (AvgIpc) is 3.78. The second-order valence-electron chi connectivity index (χ2n) is 10.1.